The van der Waals surface area contributed by atoms with Crippen molar-refractivity contribution in [2.75, 3.05) is 6.54 Å². The van der Waals surface area contributed by atoms with E-state index in [1.165, 1.54) is 17.0 Å². The molecular weight excluding hydrogens is 568 g/mol. The van der Waals surface area contributed by atoms with Crippen molar-refractivity contribution < 1.29 is 32.1 Å². The highest BCUT2D eigenvalue weighted by molar-refractivity contribution is 7.85. The SMILES string of the molecule is CCCC[C@H](CNOCc1ccccc1)C(=O)N1C(=O)OC(C)(C)[C@@H]1Cc1ccccc1.Cc1ccc(S(=O)(=O)O)cc1. The summed E-state index contributed by atoms with van der Waals surface area (Å²) in [7, 11) is -4.02. The van der Waals surface area contributed by atoms with Gasteiger partial charge in [0, 0.05) is 6.54 Å². The maximum atomic E-state index is 13.5. The monoisotopic (exact) mass is 610 g/mol. The Morgan fingerprint density at radius 1 is 1.00 bits per heavy atom. The molecule has 2 atom stereocenters. The predicted octanol–water partition coefficient (Wildman–Crippen LogP) is 6.12. The van der Waals surface area contributed by atoms with Gasteiger partial charge in [-0.1, -0.05) is 98.1 Å². The van der Waals surface area contributed by atoms with Crippen LogP contribution in [0.5, 0.6) is 0 Å². The summed E-state index contributed by atoms with van der Waals surface area (Å²) < 4.78 is 35.2. The molecule has 1 aliphatic heterocycles. The van der Waals surface area contributed by atoms with Gasteiger partial charge in [0.2, 0.25) is 5.91 Å². The van der Waals surface area contributed by atoms with E-state index in [0.29, 0.717) is 26.0 Å². The minimum absolute atomic E-state index is 0.0666. The number of amides is 2. The van der Waals surface area contributed by atoms with Crippen LogP contribution >= 0.6 is 0 Å². The highest BCUT2D eigenvalue weighted by Gasteiger charge is 2.51. The molecule has 2 amide bonds. The highest BCUT2D eigenvalue weighted by Crippen LogP contribution is 2.33. The van der Waals surface area contributed by atoms with Crippen LogP contribution in [0.1, 0.15) is 56.7 Å². The summed E-state index contributed by atoms with van der Waals surface area (Å²) in [6, 6.07) is 25.4. The maximum Gasteiger partial charge on any atom is 0.417 e. The van der Waals surface area contributed by atoms with Crippen molar-refractivity contribution in [3.63, 3.8) is 0 Å². The molecule has 1 heterocycles. The van der Waals surface area contributed by atoms with Crippen LogP contribution in [-0.2, 0) is 37.5 Å². The summed E-state index contributed by atoms with van der Waals surface area (Å²) >= 11 is 0. The molecule has 0 bridgehead atoms. The van der Waals surface area contributed by atoms with Crippen LogP contribution < -0.4 is 5.48 Å². The second-order valence-electron chi connectivity index (χ2n) is 11.1. The Hall–Kier alpha value is -3.57. The van der Waals surface area contributed by atoms with Crippen molar-refractivity contribution in [1.82, 2.24) is 10.4 Å². The molecule has 4 rings (SSSR count). The Morgan fingerprint density at radius 2 is 1.58 bits per heavy atom. The van der Waals surface area contributed by atoms with Crippen LogP contribution in [-0.4, -0.2) is 48.1 Å². The lowest BCUT2D eigenvalue weighted by Crippen LogP contribution is -2.49. The summed E-state index contributed by atoms with van der Waals surface area (Å²) in [5, 5.41) is 0. The lowest BCUT2D eigenvalue weighted by Gasteiger charge is -2.30. The number of ether oxygens (including phenoxy) is 1. The minimum atomic E-state index is -4.02. The van der Waals surface area contributed by atoms with Crippen molar-refractivity contribution in [1.29, 1.82) is 0 Å². The summed E-state index contributed by atoms with van der Waals surface area (Å²) in [5.41, 5.74) is 5.26. The zero-order valence-electron chi connectivity index (χ0n) is 25.2. The number of unbranched alkanes of at least 4 members (excludes halogenated alkanes) is 1. The van der Waals surface area contributed by atoms with Crippen LogP contribution in [0.4, 0.5) is 4.79 Å². The molecule has 1 aliphatic rings. The van der Waals surface area contributed by atoms with Gasteiger partial charge in [-0.05, 0) is 56.9 Å². The number of hydrogen-bond acceptors (Lipinski definition) is 7. The van der Waals surface area contributed by atoms with E-state index in [9.17, 15) is 18.0 Å². The van der Waals surface area contributed by atoms with Crippen LogP contribution in [0.25, 0.3) is 0 Å². The zero-order valence-corrected chi connectivity index (χ0v) is 26.0. The van der Waals surface area contributed by atoms with Gasteiger partial charge in [-0.3, -0.25) is 14.2 Å². The standard InChI is InChI=1S/C26H34N2O4.C7H8O3S/c1-4-5-16-22(18-27-31-19-21-14-10-7-11-15-21)24(29)28-23(26(2,3)32-25(28)30)17-20-12-8-6-9-13-20;1-6-2-4-7(5-3-6)11(8,9)10/h6-15,22-23,27H,4-5,16-19H2,1-3H3;2-5H,1H3,(H,8,9,10)/t22-,23+;/m1./s1. The second-order valence-corrected chi connectivity index (χ2v) is 12.6. The van der Waals surface area contributed by atoms with Gasteiger partial charge in [-0.15, -0.1) is 0 Å². The van der Waals surface area contributed by atoms with E-state index >= 15 is 0 Å². The molecule has 0 aliphatic carbocycles. The van der Waals surface area contributed by atoms with E-state index in [-0.39, 0.29) is 22.8 Å². The Balaban J connectivity index is 0.000000386. The molecule has 3 aromatic rings. The van der Waals surface area contributed by atoms with E-state index in [0.717, 1.165) is 29.5 Å². The summed E-state index contributed by atoms with van der Waals surface area (Å²) in [4.78, 5) is 33.2. The second kappa shape index (κ2) is 15.8. The first-order chi connectivity index (χ1) is 20.4. The molecule has 232 valence electrons. The predicted molar refractivity (Wildman–Crippen MR) is 165 cm³/mol. The van der Waals surface area contributed by atoms with E-state index in [2.05, 4.69) is 12.4 Å². The molecule has 3 aromatic carbocycles. The number of aryl methyl sites for hydroxylation is 1. The molecule has 43 heavy (non-hydrogen) atoms. The number of rotatable bonds is 12. The first-order valence-electron chi connectivity index (χ1n) is 14.4. The van der Waals surface area contributed by atoms with Crippen molar-refractivity contribution >= 4 is 22.1 Å². The normalized spacial score (nSPS) is 16.6. The number of nitrogens with one attached hydrogen (secondary N) is 1. The van der Waals surface area contributed by atoms with E-state index in [1.807, 2.05) is 81.4 Å². The highest BCUT2D eigenvalue weighted by atomic mass is 32.2. The lowest BCUT2D eigenvalue weighted by atomic mass is 9.90. The molecule has 2 N–H and O–H groups in total. The van der Waals surface area contributed by atoms with Gasteiger partial charge in [0.1, 0.15) is 5.60 Å². The Labute approximate surface area is 254 Å². The van der Waals surface area contributed by atoms with Gasteiger partial charge in [-0.2, -0.15) is 8.42 Å². The molecule has 1 saturated heterocycles. The van der Waals surface area contributed by atoms with Gasteiger partial charge in [0.05, 0.1) is 23.5 Å². The number of hydrogen-bond donors (Lipinski definition) is 2. The van der Waals surface area contributed by atoms with E-state index in [1.54, 1.807) is 12.1 Å². The number of carbonyl (C=O) groups excluding carboxylic acids is 2. The number of cyclic esters (lactones) is 1. The third kappa shape index (κ3) is 10.3. The molecule has 0 aromatic heterocycles. The molecule has 10 heteroatoms. The van der Waals surface area contributed by atoms with Crippen LogP contribution in [0.15, 0.2) is 89.8 Å². The Bertz CT molecular complexity index is 1410. The summed E-state index contributed by atoms with van der Waals surface area (Å²) in [5.74, 6) is -0.573. The van der Waals surface area contributed by atoms with Gasteiger partial charge >= 0.3 is 6.09 Å². The number of benzene rings is 3. The largest absolute Gasteiger partial charge is 0.441 e. The van der Waals surface area contributed by atoms with Crippen LogP contribution in [0.3, 0.4) is 0 Å². The topological polar surface area (TPSA) is 122 Å². The summed E-state index contributed by atoms with van der Waals surface area (Å²) in [6.45, 7) is 8.42. The Morgan fingerprint density at radius 3 is 2.14 bits per heavy atom. The first-order valence-corrected chi connectivity index (χ1v) is 15.9. The number of carbonyl (C=O) groups is 2. The quantitative estimate of drug-likeness (QED) is 0.143. The van der Waals surface area contributed by atoms with Gasteiger partial charge < -0.3 is 4.74 Å². The zero-order chi connectivity index (χ0) is 31.5. The number of imide groups is 1. The minimum Gasteiger partial charge on any atom is -0.441 e. The molecule has 0 unspecified atom stereocenters. The maximum absolute atomic E-state index is 13.5. The lowest BCUT2D eigenvalue weighted by molar-refractivity contribution is -0.135. The van der Waals surface area contributed by atoms with Crippen molar-refractivity contribution in [3.05, 3.63) is 102 Å². The van der Waals surface area contributed by atoms with E-state index < -0.39 is 21.8 Å². The van der Waals surface area contributed by atoms with Crippen molar-refractivity contribution in [2.45, 2.75) is 76.5 Å². The smallest absolute Gasteiger partial charge is 0.417 e. The molecule has 0 saturated carbocycles. The third-order valence-electron chi connectivity index (χ3n) is 7.26. The van der Waals surface area contributed by atoms with Gasteiger partial charge in [0.15, 0.2) is 0 Å². The fraction of sp³-hybridized carbons (Fsp3) is 0.394. The van der Waals surface area contributed by atoms with Gasteiger partial charge in [-0.25, -0.2) is 15.2 Å². The Kier molecular flexibility index (Phi) is 12.4. The van der Waals surface area contributed by atoms with Gasteiger partial charge in [0.25, 0.3) is 10.1 Å². The molecule has 9 nitrogen and oxygen atoms in total. The average molecular weight is 611 g/mol. The van der Waals surface area contributed by atoms with Crippen LogP contribution in [0, 0.1) is 12.8 Å². The third-order valence-corrected chi connectivity index (χ3v) is 8.13. The molecular formula is C33H42N2O7S. The fourth-order valence-corrected chi connectivity index (χ4v) is 5.22. The van der Waals surface area contributed by atoms with E-state index in [4.69, 9.17) is 14.1 Å². The average Bonchev–Trinajstić information content (AvgIpc) is 3.20. The number of nitrogens with zero attached hydrogens (tertiary/aromatic N) is 1. The van der Waals surface area contributed by atoms with Crippen molar-refractivity contribution in [2.24, 2.45) is 5.92 Å². The first kappa shape index (κ1) is 33.9. The fourth-order valence-electron chi connectivity index (χ4n) is 4.74. The number of hydroxylamine groups is 1. The molecule has 1 fully saturated rings. The van der Waals surface area contributed by atoms with Crippen molar-refractivity contribution in [3.8, 4) is 0 Å². The molecule has 0 spiro atoms. The van der Waals surface area contributed by atoms with Crippen LogP contribution in [0.2, 0.25) is 0 Å². The summed E-state index contributed by atoms with van der Waals surface area (Å²) in [6.07, 6.45) is 2.54. The molecule has 0 radical (unpaired) electrons.